The third-order valence-corrected chi connectivity index (χ3v) is 3.49. The first-order valence-corrected chi connectivity index (χ1v) is 6.32. The van der Waals surface area contributed by atoms with Crippen LogP contribution in [0.25, 0.3) is 0 Å². The number of likely N-dealkylation sites (tertiary alicyclic amines) is 1. The SMILES string of the molecule is NC(=O)C1(O)CCCN(C(=O)CCc2ccoc2)C1. The van der Waals surface area contributed by atoms with E-state index in [-0.39, 0.29) is 12.5 Å². The third kappa shape index (κ3) is 3.14. The first-order chi connectivity index (χ1) is 9.01. The van der Waals surface area contributed by atoms with E-state index in [4.69, 9.17) is 10.2 Å². The summed E-state index contributed by atoms with van der Waals surface area (Å²) in [6, 6.07) is 1.81. The normalized spacial score (nSPS) is 23.3. The minimum atomic E-state index is -1.58. The van der Waals surface area contributed by atoms with Crippen molar-refractivity contribution in [2.45, 2.75) is 31.3 Å². The van der Waals surface area contributed by atoms with E-state index in [2.05, 4.69) is 0 Å². The maximum Gasteiger partial charge on any atom is 0.251 e. The standard InChI is InChI=1S/C13H18N2O4/c14-12(17)13(18)5-1-6-15(9-13)11(16)3-2-10-4-7-19-8-10/h4,7-8,18H,1-3,5-6,9H2,(H2,14,17). The van der Waals surface area contributed by atoms with Crippen molar-refractivity contribution in [2.75, 3.05) is 13.1 Å². The molecule has 1 aromatic heterocycles. The number of β-amino-alcohol motifs (C(OH)–C–C–N with tert-alkyl or cyclic N) is 1. The van der Waals surface area contributed by atoms with Gasteiger partial charge in [0.1, 0.15) is 0 Å². The largest absolute Gasteiger partial charge is 0.472 e. The number of aliphatic hydroxyl groups is 1. The molecular formula is C13H18N2O4. The Bertz CT molecular complexity index is 457. The van der Waals surface area contributed by atoms with Crippen LogP contribution < -0.4 is 5.73 Å². The quantitative estimate of drug-likeness (QED) is 0.804. The van der Waals surface area contributed by atoms with Gasteiger partial charge < -0.3 is 20.2 Å². The Kier molecular flexibility index (Phi) is 3.90. The van der Waals surface area contributed by atoms with Crippen LogP contribution in [0.3, 0.4) is 0 Å². The molecule has 1 aliphatic rings. The molecule has 6 nitrogen and oxygen atoms in total. The fraction of sp³-hybridized carbons (Fsp3) is 0.538. The maximum atomic E-state index is 12.0. The van der Waals surface area contributed by atoms with Gasteiger partial charge in [0, 0.05) is 13.0 Å². The van der Waals surface area contributed by atoms with Crippen molar-refractivity contribution >= 4 is 11.8 Å². The zero-order valence-electron chi connectivity index (χ0n) is 10.7. The van der Waals surface area contributed by atoms with Gasteiger partial charge in [0.15, 0.2) is 5.60 Å². The van der Waals surface area contributed by atoms with E-state index in [0.717, 1.165) is 5.56 Å². The number of nitrogens with two attached hydrogens (primary N) is 1. The molecule has 0 radical (unpaired) electrons. The Labute approximate surface area is 111 Å². The van der Waals surface area contributed by atoms with Gasteiger partial charge >= 0.3 is 0 Å². The molecule has 2 rings (SSSR count). The van der Waals surface area contributed by atoms with Gasteiger partial charge in [-0.2, -0.15) is 0 Å². The van der Waals surface area contributed by atoms with Crippen LogP contribution >= 0.6 is 0 Å². The first kappa shape index (κ1) is 13.6. The van der Waals surface area contributed by atoms with Crippen molar-refractivity contribution in [3.63, 3.8) is 0 Å². The van der Waals surface area contributed by atoms with Crippen LogP contribution in [-0.4, -0.2) is 40.5 Å². The van der Waals surface area contributed by atoms with Crippen molar-refractivity contribution in [1.82, 2.24) is 4.90 Å². The van der Waals surface area contributed by atoms with E-state index in [0.29, 0.717) is 32.2 Å². The lowest BCUT2D eigenvalue weighted by Crippen LogP contribution is -2.57. The van der Waals surface area contributed by atoms with Crippen LogP contribution in [-0.2, 0) is 16.0 Å². The Morgan fingerprint density at radius 3 is 2.95 bits per heavy atom. The van der Waals surface area contributed by atoms with E-state index in [1.807, 2.05) is 6.07 Å². The number of amides is 2. The van der Waals surface area contributed by atoms with Gasteiger partial charge in [-0.05, 0) is 30.9 Å². The van der Waals surface area contributed by atoms with Crippen LogP contribution in [0.1, 0.15) is 24.8 Å². The molecule has 3 N–H and O–H groups in total. The summed E-state index contributed by atoms with van der Waals surface area (Å²) in [4.78, 5) is 24.8. The van der Waals surface area contributed by atoms with Gasteiger partial charge in [0.05, 0.1) is 19.1 Å². The number of carbonyl (C=O) groups excluding carboxylic acids is 2. The zero-order valence-corrected chi connectivity index (χ0v) is 10.7. The molecule has 1 fully saturated rings. The average molecular weight is 266 g/mol. The molecule has 1 unspecified atom stereocenters. The second-order valence-corrected chi connectivity index (χ2v) is 4.95. The van der Waals surface area contributed by atoms with Crippen molar-refractivity contribution < 1.29 is 19.1 Å². The second-order valence-electron chi connectivity index (χ2n) is 4.95. The van der Waals surface area contributed by atoms with E-state index in [1.165, 1.54) is 4.90 Å². The molecule has 0 saturated carbocycles. The maximum absolute atomic E-state index is 12.0. The number of nitrogens with zero attached hydrogens (tertiary/aromatic N) is 1. The molecule has 104 valence electrons. The monoisotopic (exact) mass is 266 g/mol. The Hall–Kier alpha value is -1.82. The minimum absolute atomic E-state index is 0.00739. The lowest BCUT2D eigenvalue weighted by atomic mass is 9.92. The van der Waals surface area contributed by atoms with E-state index in [9.17, 15) is 14.7 Å². The zero-order chi connectivity index (χ0) is 13.9. The number of furan rings is 1. The van der Waals surface area contributed by atoms with E-state index < -0.39 is 11.5 Å². The summed E-state index contributed by atoms with van der Waals surface area (Å²) in [6.07, 6.45) is 4.97. The molecule has 2 amide bonds. The van der Waals surface area contributed by atoms with Crippen LogP contribution in [0.4, 0.5) is 0 Å². The number of primary amides is 1. The van der Waals surface area contributed by atoms with Crippen LogP contribution in [0.15, 0.2) is 23.0 Å². The number of piperidine rings is 1. The van der Waals surface area contributed by atoms with Gasteiger partial charge in [-0.3, -0.25) is 9.59 Å². The Balaban J connectivity index is 1.90. The smallest absolute Gasteiger partial charge is 0.251 e. The number of aryl methyl sites for hydroxylation is 1. The molecule has 1 saturated heterocycles. The van der Waals surface area contributed by atoms with Crippen molar-refractivity contribution in [3.05, 3.63) is 24.2 Å². The van der Waals surface area contributed by atoms with Crippen molar-refractivity contribution in [1.29, 1.82) is 0 Å². The molecule has 0 aliphatic carbocycles. The highest BCUT2D eigenvalue weighted by atomic mass is 16.3. The average Bonchev–Trinajstić information content (AvgIpc) is 2.89. The van der Waals surface area contributed by atoms with Gasteiger partial charge in [-0.1, -0.05) is 0 Å². The molecule has 0 aromatic carbocycles. The van der Waals surface area contributed by atoms with Crippen molar-refractivity contribution in [3.8, 4) is 0 Å². The number of carbonyl (C=O) groups is 2. The fourth-order valence-electron chi connectivity index (χ4n) is 2.29. The molecular weight excluding hydrogens is 248 g/mol. The summed E-state index contributed by atoms with van der Waals surface area (Å²) in [5, 5.41) is 10.0. The highest BCUT2D eigenvalue weighted by Crippen LogP contribution is 2.21. The molecule has 1 aliphatic heterocycles. The Morgan fingerprint density at radius 2 is 2.32 bits per heavy atom. The molecule has 0 bridgehead atoms. The van der Waals surface area contributed by atoms with Gasteiger partial charge in [-0.15, -0.1) is 0 Å². The van der Waals surface area contributed by atoms with Crippen molar-refractivity contribution in [2.24, 2.45) is 5.73 Å². The number of rotatable bonds is 4. The lowest BCUT2D eigenvalue weighted by Gasteiger charge is -2.37. The molecule has 0 spiro atoms. The molecule has 1 atom stereocenters. The number of hydrogen-bond acceptors (Lipinski definition) is 4. The van der Waals surface area contributed by atoms with Crippen LogP contribution in [0.2, 0.25) is 0 Å². The highest BCUT2D eigenvalue weighted by molar-refractivity contribution is 5.85. The first-order valence-electron chi connectivity index (χ1n) is 6.32. The predicted octanol–water partition coefficient (Wildman–Crippen LogP) is 0.0510. The third-order valence-electron chi connectivity index (χ3n) is 3.49. The summed E-state index contributed by atoms with van der Waals surface area (Å²) in [5.74, 6) is -0.847. The van der Waals surface area contributed by atoms with Crippen LogP contribution in [0, 0.1) is 0 Å². The topological polar surface area (TPSA) is 96.8 Å². The minimum Gasteiger partial charge on any atom is -0.472 e. The lowest BCUT2D eigenvalue weighted by molar-refractivity contribution is -0.148. The summed E-state index contributed by atoms with van der Waals surface area (Å²) in [5.41, 5.74) is 4.55. The fourth-order valence-corrected chi connectivity index (χ4v) is 2.29. The van der Waals surface area contributed by atoms with Gasteiger partial charge in [-0.25, -0.2) is 0 Å². The summed E-state index contributed by atoms with van der Waals surface area (Å²) < 4.78 is 4.93. The molecule has 19 heavy (non-hydrogen) atoms. The van der Waals surface area contributed by atoms with E-state index in [1.54, 1.807) is 12.5 Å². The van der Waals surface area contributed by atoms with Gasteiger partial charge in [0.2, 0.25) is 5.91 Å². The summed E-state index contributed by atoms with van der Waals surface area (Å²) in [6.45, 7) is 0.548. The molecule has 1 aromatic rings. The predicted molar refractivity (Wildman–Crippen MR) is 67.0 cm³/mol. The van der Waals surface area contributed by atoms with E-state index >= 15 is 0 Å². The number of hydrogen-bond donors (Lipinski definition) is 2. The molecule has 2 heterocycles. The highest BCUT2D eigenvalue weighted by Gasteiger charge is 2.39. The van der Waals surface area contributed by atoms with Crippen LogP contribution in [0.5, 0.6) is 0 Å². The molecule has 6 heteroatoms. The second kappa shape index (κ2) is 5.44. The summed E-state index contributed by atoms with van der Waals surface area (Å²) >= 11 is 0. The summed E-state index contributed by atoms with van der Waals surface area (Å²) in [7, 11) is 0. The van der Waals surface area contributed by atoms with Gasteiger partial charge in [0.25, 0.3) is 5.91 Å². The Morgan fingerprint density at radius 1 is 1.53 bits per heavy atom.